The van der Waals surface area contributed by atoms with Crippen molar-refractivity contribution in [1.82, 2.24) is 20.4 Å². The second-order valence-electron chi connectivity index (χ2n) is 4.57. The SMILES string of the molecule is CCN(CCn1ccnn1)c1ccc(C=NNC(N)=S)cc1. The summed E-state index contributed by atoms with van der Waals surface area (Å²) in [4.78, 5) is 2.27. The Bertz CT molecular complexity index is 607. The molecule has 0 saturated carbocycles. The van der Waals surface area contributed by atoms with Crippen LogP contribution in [0.4, 0.5) is 5.69 Å². The molecule has 1 heterocycles. The third-order valence-electron chi connectivity index (χ3n) is 3.10. The van der Waals surface area contributed by atoms with Crippen molar-refractivity contribution in [3.05, 3.63) is 42.2 Å². The molecule has 0 bridgehead atoms. The Kier molecular flexibility index (Phi) is 5.84. The first-order valence-electron chi connectivity index (χ1n) is 6.96. The number of benzene rings is 1. The predicted octanol–water partition coefficient (Wildman–Crippen LogP) is 0.972. The Morgan fingerprint density at radius 3 is 2.82 bits per heavy atom. The van der Waals surface area contributed by atoms with Crippen LogP contribution in [0.25, 0.3) is 0 Å². The summed E-state index contributed by atoms with van der Waals surface area (Å²) in [6, 6.07) is 8.12. The second-order valence-corrected chi connectivity index (χ2v) is 5.01. The van der Waals surface area contributed by atoms with Crippen LogP contribution in [-0.4, -0.2) is 39.4 Å². The van der Waals surface area contributed by atoms with Crippen molar-refractivity contribution in [3.63, 3.8) is 0 Å². The average molecular weight is 317 g/mol. The maximum atomic E-state index is 5.30. The third-order valence-corrected chi connectivity index (χ3v) is 3.19. The maximum absolute atomic E-state index is 5.30. The smallest absolute Gasteiger partial charge is 0.184 e. The molecule has 0 saturated heterocycles. The molecule has 3 N–H and O–H groups in total. The number of aromatic nitrogens is 3. The van der Waals surface area contributed by atoms with Crippen LogP contribution in [0.2, 0.25) is 0 Å². The molecule has 2 aromatic rings. The lowest BCUT2D eigenvalue weighted by Crippen LogP contribution is -2.27. The maximum Gasteiger partial charge on any atom is 0.184 e. The van der Waals surface area contributed by atoms with Crippen LogP contribution in [-0.2, 0) is 6.54 Å². The molecule has 116 valence electrons. The zero-order chi connectivity index (χ0) is 15.8. The zero-order valence-corrected chi connectivity index (χ0v) is 13.2. The van der Waals surface area contributed by atoms with Gasteiger partial charge in [-0.3, -0.25) is 10.1 Å². The minimum absolute atomic E-state index is 0.151. The summed E-state index contributed by atoms with van der Waals surface area (Å²) >= 11 is 4.68. The van der Waals surface area contributed by atoms with E-state index in [1.807, 2.05) is 23.0 Å². The van der Waals surface area contributed by atoms with Gasteiger partial charge >= 0.3 is 0 Å². The molecule has 0 aliphatic rings. The van der Waals surface area contributed by atoms with Gasteiger partial charge in [0, 0.05) is 25.0 Å². The van der Waals surface area contributed by atoms with Crippen LogP contribution in [0.3, 0.4) is 0 Å². The van der Waals surface area contributed by atoms with Gasteiger partial charge in [0.1, 0.15) is 0 Å². The lowest BCUT2D eigenvalue weighted by Gasteiger charge is -2.23. The van der Waals surface area contributed by atoms with Crippen molar-refractivity contribution in [2.45, 2.75) is 13.5 Å². The molecule has 0 aliphatic heterocycles. The molecule has 0 spiro atoms. The van der Waals surface area contributed by atoms with Gasteiger partial charge in [0.05, 0.1) is 19.0 Å². The van der Waals surface area contributed by atoms with Crippen molar-refractivity contribution >= 4 is 29.2 Å². The van der Waals surface area contributed by atoms with E-state index in [4.69, 9.17) is 5.73 Å². The molecular weight excluding hydrogens is 298 g/mol. The van der Waals surface area contributed by atoms with Gasteiger partial charge in [-0.25, -0.2) is 0 Å². The Morgan fingerprint density at radius 1 is 1.45 bits per heavy atom. The highest BCUT2D eigenvalue weighted by Crippen LogP contribution is 2.14. The van der Waals surface area contributed by atoms with E-state index in [1.54, 1.807) is 12.4 Å². The number of likely N-dealkylation sites (N-methyl/N-ethyl adjacent to an activating group) is 1. The Morgan fingerprint density at radius 2 is 2.23 bits per heavy atom. The third kappa shape index (κ3) is 4.81. The number of nitrogens with two attached hydrogens (primary N) is 1. The van der Waals surface area contributed by atoms with Crippen molar-refractivity contribution < 1.29 is 0 Å². The molecule has 0 atom stereocenters. The van der Waals surface area contributed by atoms with Crippen LogP contribution in [0.1, 0.15) is 12.5 Å². The van der Waals surface area contributed by atoms with E-state index in [0.717, 1.165) is 30.9 Å². The van der Waals surface area contributed by atoms with Gasteiger partial charge in [-0.1, -0.05) is 17.3 Å². The van der Waals surface area contributed by atoms with Gasteiger partial charge < -0.3 is 10.6 Å². The molecule has 1 aromatic carbocycles. The highest BCUT2D eigenvalue weighted by atomic mass is 32.1. The fraction of sp³-hybridized carbons (Fsp3) is 0.286. The average Bonchev–Trinajstić information content (AvgIpc) is 3.02. The topological polar surface area (TPSA) is 84.4 Å². The van der Waals surface area contributed by atoms with Gasteiger partial charge in [-0.2, -0.15) is 5.10 Å². The summed E-state index contributed by atoms with van der Waals surface area (Å²) in [5.41, 5.74) is 9.96. The second kappa shape index (κ2) is 8.08. The van der Waals surface area contributed by atoms with E-state index in [9.17, 15) is 0 Å². The Labute approximate surface area is 134 Å². The number of hydrogen-bond acceptors (Lipinski definition) is 5. The number of hydrazone groups is 1. The Balaban J connectivity index is 1.94. The van der Waals surface area contributed by atoms with Crippen molar-refractivity contribution in [2.24, 2.45) is 10.8 Å². The molecular formula is C14H19N7S. The van der Waals surface area contributed by atoms with Gasteiger partial charge in [-0.15, -0.1) is 5.10 Å². The van der Waals surface area contributed by atoms with E-state index in [1.165, 1.54) is 0 Å². The van der Waals surface area contributed by atoms with Crippen LogP contribution < -0.4 is 16.1 Å². The van der Waals surface area contributed by atoms with Gasteiger partial charge in [0.2, 0.25) is 0 Å². The minimum atomic E-state index is 0.151. The lowest BCUT2D eigenvalue weighted by atomic mass is 10.2. The largest absolute Gasteiger partial charge is 0.375 e. The number of hydrogen-bond donors (Lipinski definition) is 2. The van der Waals surface area contributed by atoms with E-state index >= 15 is 0 Å². The number of nitrogens with one attached hydrogen (secondary N) is 1. The summed E-state index contributed by atoms with van der Waals surface area (Å²) < 4.78 is 1.82. The van der Waals surface area contributed by atoms with Gasteiger partial charge in [-0.05, 0) is 36.8 Å². The molecule has 8 heteroatoms. The molecule has 1 aromatic heterocycles. The standard InChI is InChI=1S/C14H19N7S/c1-2-20(9-10-21-8-7-16-19-21)13-5-3-12(4-6-13)11-17-18-14(15)22/h3-8,11H,2,9-10H2,1H3,(H3,15,18,22). The molecule has 0 fully saturated rings. The number of anilines is 1. The molecule has 7 nitrogen and oxygen atoms in total. The van der Waals surface area contributed by atoms with Gasteiger partial charge in [0.15, 0.2) is 5.11 Å². The van der Waals surface area contributed by atoms with E-state index in [2.05, 4.69) is 57.0 Å². The first kappa shape index (κ1) is 15.9. The van der Waals surface area contributed by atoms with Crippen LogP contribution in [0.5, 0.6) is 0 Å². The van der Waals surface area contributed by atoms with E-state index in [0.29, 0.717) is 0 Å². The first-order chi connectivity index (χ1) is 10.7. The molecule has 0 radical (unpaired) electrons. The van der Waals surface area contributed by atoms with Crippen molar-refractivity contribution in [2.75, 3.05) is 18.0 Å². The Hall–Kier alpha value is -2.48. The van der Waals surface area contributed by atoms with Crippen LogP contribution in [0, 0.1) is 0 Å². The molecule has 2 rings (SSSR count). The van der Waals surface area contributed by atoms with Crippen LogP contribution >= 0.6 is 12.2 Å². The van der Waals surface area contributed by atoms with Gasteiger partial charge in [0.25, 0.3) is 0 Å². The minimum Gasteiger partial charge on any atom is -0.375 e. The van der Waals surface area contributed by atoms with E-state index in [-0.39, 0.29) is 5.11 Å². The van der Waals surface area contributed by atoms with Crippen molar-refractivity contribution in [3.8, 4) is 0 Å². The molecule has 0 unspecified atom stereocenters. The molecule has 0 amide bonds. The fourth-order valence-electron chi connectivity index (χ4n) is 1.99. The normalized spacial score (nSPS) is 10.8. The van der Waals surface area contributed by atoms with E-state index < -0.39 is 0 Å². The van der Waals surface area contributed by atoms with Crippen molar-refractivity contribution in [1.29, 1.82) is 0 Å². The summed E-state index contributed by atoms with van der Waals surface area (Å²) in [5, 5.41) is 11.9. The summed E-state index contributed by atoms with van der Waals surface area (Å²) in [6.45, 7) is 4.72. The highest BCUT2D eigenvalue weighted by molar-refractivity contribution is 7.80. The first-order valence-corrected chi connectivity index (χ1v) is 7.37. The highest BCUT2D eigenvalue weighted by Gasteiger charge is 2.04. The number of nitrogens with zero attached hydrogens (tertiary/aromatic N) is 5. The zero-order valence-electron chi connectivity index (χ0n) is 12.4. The fourth-order valence-corrected chi connectivity index (χ4v) is 2.04. The summed E-state index contributed by atoms with van der Waals surface area (Å²) in [5.74, 6) is 0. The molecule has 0 aliphatic carbocycles. The molecule has 22 heavy (non-hydrogen) atoms. The summed E-state index contributed by atoms with van der Waals surface area (Å²) in [7, 11) is 0. The summed E-state index contributed by atoms with van der Waals surface area (Å²) in [6.07, 6.45) is 5.22. The van der Waals surface area contributed by atoms with Crippen LogP contribution in [0.15, 0.2) is 41.8 Å². The predicted molar refractivity (Wildman–Crippen MR) is 91.9 cm³/mol. The lowest BCUT2D eigenvalue weighted by molar-refractivity contribution is 0.579. The number of rotatable bonds is 7. The number of thiocarbonyl (C=S) groups is 1. The quantitative estimate of drug-likeness (QED) is 0.450. The monoisotopic (exact) mass is 317 g/mol.